The lowest BCUT2D eigenvalue weighted by Crippen LogP contribution is -2.31. The fourth-order valence-corrected chi connectivity index (χ4v) is 1.66. The van der Waals surface area contributed by atoms with Gasteiger partial charge >= 0.3 is 0 Å². The molecule has 0 amide bonds. The molecule has 0 aliphatic carbocycles. The van der Waals surface area contributed by atoms with Crippen molar-refractivity contribution < 1.29 is 0 Å². The first-order valence-corrected chi connectivity index (χ1v) is 5.17. The summed E-state index contributed by atoms with van der Waals surface area (Å²) in [6.07, 6.45) is 1.03. The van der Waals surface area contributed by atoms with Crippen LogP contribution in [0.25, 0.3) is 0 Å². The Morgan fingerprint density at radius 1 is 1.50 bits per heavy atom. The van der Waals surface area contributed by atoms with E-state index in [1.54, 1.807) is 0 Å². The number of hydrogen-bond acceptors (Lipinski definition) is 3. The van der Waals surface area contributed by atoms with Crippen LogP contribution in [0.5, 0.6) is 0 Å². The van der Waals surface area contributed by atoms with Crippen LogP contribution in [-0.4, -0.2) is 23.6 Å². The molecule has 1 atom stereocenters. The minimum Gasteiger partial charge on any atom is -0.363 e. The van der Waals surface area contributed by atoms with Gasteiger partial charge in [0.2, 0.25) is 0 Å². The predicted molar refractivity (Wildman–Crippen MR) is 56.7 cm³/mol. The van der Waals surface area contributed by atoms with Crippen molar-refractivity contribution in [3.63, 3.8) is 0 Å². The summed E-state index contributed by atoms with van der Waals surface area (Å²) in [7, 11) is 1.92. The molecule has 0 radical (unpaired) electrons. The zero-order valence-electron chi connectivity index (χ0n) is 8.27. The highest BCUT2D eigenvalue weighted by Gasteiger charge is 2.07. The molecular formula is C8H19N3S. The molecule has 0 aromatic rings. The van der Waals surface area contributed by atoms with Crippen LogP contribution >= 0.6 is 11.8 Å². The molecule has 3 N–H and O–H groups in total. The van der Waals surface area contributed by atoms with E-state index in [1.165, 1.54) is 11.8 Å². The molecule has 0 bridgehead atoms. The summed E-state index contributed by atoms with van der Waals surface area (Å²) in [6, 6.07) is 0.347. The van der Waals surface area contributed by atoms with E-state index in [0.29, 0.717) is 16.6 Å². The molecule has 0 aliphatic rings. The van der Waals surface area contributed by atoms with E-state index in [2.05, 4.69) is 17.6 Å². The predicted octanol–water partition coefficient (Wildman–Crippen LogP) is 1.61. The third-order valence-electron chi connectivity index (χ3n) is 1.37. The van der Waals surface area contributed by atoms with Crippen LogP contribution in [0.3, 0.4) is 0 Å². The standard InChI is InChI=1S/C8H19N3S/c1-5-7(10-4)12-8(9)11-6(2)3/h6-7,10H,5H2,1-4H3,(H2,9,11). The Kier molecular flexibility index (Phi) is 6.20. The quantitative estimate of drug-likeness (QED) is 0.358. The summed E-state index contributed by atoms with van der Waals surface area (Å²) in [4.78, 5) is 0. The third-order valence-corrected chi connectivity index (χ3v) is 2.58. The molecule has 0 rings (SSSR count). The van der Waals surface area contributed by atoms with Gasteiger partial charge in [-0.05, 0) is 27.3 Å². The molecule has 0 aromatic carbocycles. The van der Waals surface area contributed by atoms with Crippen molar-refractivity contribution >= 4 is 16.9 Å². The van der Waals surface area contributed by atoms with Gasteiger partial charge in [0.25, 0.3) is 0 Å². The van der Waals surface area contributed by atoms with Gasteiger partial charge in [-0.1, -0.05) is 18.7 Å². The smallest absolute Gasteiger partial charge is 0.155 e. The highest BCUT2D eigenvalue weighted by Crippen LogP contribution is 2.10. The topological polar surface area (TPSA) is 47.9 Å². The Hall–Kier alpha value is -0.220. The van der Waals surface area contributed by atoms with Crippen LogP contribution in [0.2, 0.25) is 0 Å². The Morgan fingerprint density at radius 2 is 2.08 bits per heavy atom. The Balaban J connectivity index is 3.66. The molecule has 0 aliphatic heterocycles. The first-order chi connectivity index (χ1) is 5.60. The molecule has 0 fully saturated rings. The Labute approximate surface area is 79.2 Å². The fraction of sp³-hybridized carbons (Fsp3) is 0.875. The second kappa shape index (κ2) is 6.31. The highest BCUT2D eigenvalue weighted by molar-refractivity contribution is 8.14. The van der Waals surface area contributed by atoms with Crippen molar-refractivity contribution in [1.29, 1.82) is 5.41 Å². The minimum atomic E-state index is 0.347. The lowest BCUT2D eigenvalue weighted by atomic mass is 10.4. The summed E-state index contributed by atoms with van der Waals surface area (Å²) in [5.74, 6) is 0. The summed E-state index contributed by atoms with van der Waals surface area (Å²) < 4.78 is 0. The highest BCUT2D eigenvalue weighted by atomic mass is 32.2. The molecule has 0 spiro atoms. The van der Waals surface area contributed by atoms with Gasteiger partial charge in [-0.3, -0.25) is 5.41 Å². The van der Waals surface area contributed by atoms with E-state index >= 15 is 0 Å². The maximum Gasteiger partial charge on any atom is 0.155 e. The maximum atomic E-state index is 7.57. The third kappa shape index (κ3) is 5.43. The number of hydrogen-bond donors (Lipinski definition) is 3. The van der Waals surface area contributed by atoms with E-state index < -0.39 is 0 Å². The van der Waals surface area contributed by atoms with E-state index in [1.807, 2.05) is 20.9 Å². The normalized spacial score (nSPS) is 13.1. The van der Waals surface area contributed by atoms with Crippen molar-refractivity contribution in [2.75, 3.05) is 7.05 Å². The second-order valence-corrected chi connectivity index (χ2v) is 4.14. The summed E-state index contributed by atoms with van der Waals surface area (Å²) in [6.45, 7) is 6.18. The van der Waals surface area contributed by atoms with E-state index in [9.17, 15) is 0 Å². The average Bonchev–Trinajstić information content (AvgIpc) is 1.98. The average molecular weight is 189 g/mol. The number of nitrogens with one attached hydrogen (secondary N) is 3. The lowest BCUT2D eigenvalue weighted by molar-refractivity contribution is 0.715. The number of amidine groups is 1. The SMILES string of the molecule is CCC(NC)SC(=N)NC(C)C. The van der Waals surface area contributed by atoms with Gasteiger partial charge in [-0.2, -0.15) is 0 Å². The number of thioether (sulfide) groups is 1. The molecule has 0 saturated heterocycles. The van der Waals surface area contributed by atoms with Crippen molar-refractivity contribution in [2.45, 2.75) is 38.6 Å². The zero-order valence-corrected chi connectivity index (χ0v) is 9.09. The van der Waals surface area contributed by atoms with Gasteiger partial charge in [0.05, 0.1) is 5.37 Å². The van der Waals surface area contributed by atoms with Crippen molar-refractivity contribution in [3.05, 3.63) is 0 Å². The zero-order chi connectivity index (χ0) is 9.56. The van der Waals surface area contributed by atoms with Crippen LogP contribution in [0.15, 0.2) is 0 Å². The first kappa shape index (κ1) is 11.8. The molecule has 1 unspecified atom stereocenters. The fourth-order valence-electron chi connectivity index (χ4n) is 0.785. The van der Waals surface area contributed by atoms with E-state index in [4.69, 9.17) is 5.41 Å². The van der Waals surface area contributed by atoms with E-state index in [0.717, 1.165) is 6.42 Å². The van der Waals surface area contributed by atoms with Gasteiger partial charge in [0.1, 0.15) is 0 Å². The van der Waals surface area contributed by atoms with Gasteiger partial charge in [0, 0.05) is 6.04 Å². The molecule has 72 valence electrons. The van der Waals surface area contributed by atoms with Crippen LogP contribution in [0.4, 0.5) is 0 Å². The molecule has 12 heavy (non-hydrogen) atoms. The Bertz CT molecular complexity index is 132. The Morgan fingerprint density at radius 3 is 2.42 bits per heavy atom. The number of rotatable bonds is 4. The van der Waals surface area contributed by atoms with Crippen molar-refractivity contribution in [3.8, 4) is 0 Å². The largest absolute Gasteiger partial charge is 0.363 e. The summed E-state index contributed by atoms with van der Waals surface area (Å²) in [5.41, 5.74) is 0. The van der Waals surface area contributed by atoms with Crippen LogP contribution in [0.1, 0.15) is 27.2 Å². The van der Waals surface area contributed by atoms with Crippen LogP contribution in [-0.2, 0) is 0 Å². The van der Waals surface area contributed by atoms with E-state index in [-0.39, 0.29) is 0 Å². The van der Waals surface area contributed by atoms with Gasteiger partial charge in [-0.25, -0.2) is 0 Å². The van der Waals surface area contributed by atoms with Gasteiger partial charge in [0.15, 0.2) is 5.17 Å². The summed E-state index contributed by atoms with van der Waals surface area (Å²) >= 11 is 1.53. The molecule has 4 heteroatoms. The summed E-state index contributed by atoms with van der Waals surface area (Å²) in [5, 5.41) is 14.7. The van der Waals surface area contributed by atoms with Crippen molar-refractivity contribution in [2.24, 2.45) is 0 Å². The molecule has 0 aromatic heterocycles. The van der Waals surface area contributed by atoms with Crippen LogP contribution < -0.4 is 10.6 Å². The van der Waals surface area contributed by atoms with Gasteiger partial charge < -0.3 is 10.6 Å². The van der Waals surface area contributed by atoms with Gasteiger partial charge in [-0.15, -0.1) is 0 Å². The first-order valence-electron chi connectivity index (χ1n) is 4.29. The second-order valence-electron chi connectivity index (χ2n) is 2.93. The lowest BCUT2D eigenvalue weighted by Gasteiger charge is -2.16. The minimum absolute atomic E-state index is 0.347. The van der Waals surface area contributed by atoms with Crippen molar-refractivity contribution in [1.82, 2.24) is 10.6 Å². The molecule has 3 nitrogen and oxygen atoms in total. The molecular weight excluding hydrogens is 170 g/mol. The monoisotopic (exact) mass is 189 g/mol. The molecule has 0 saturated carbocycles. The maximum absolute atomic E-state index is 7.57. The molecule has 0 heterocycles. The van der Waals surface area contributed by atoms with Crippen LogP contribution in [0, 0.1) is 5.41 Å².